The van der Waals surface area contributed by atoms with Crippen LogP contribution in [0, 0.1) is 0 Å². The van der Waals surface area contributed by atoms with E-state index >= 15 is 0 Å². The first kappa shape index (κ1) is 57.6. The van der Waals surface area contributed by atoms with E-state index in [1.54, 1.807) is 36.2 Å². The van der Waals surface area contributed by atoms with Gasteiger partial charge in [0.2, 0.25) is 0 Å². The van der Waals surface area contributed by atoms with Gasteiger partial charge in [-0.2, -0.15) is 0 Å². The van der Waals surface area contributed by atoms with Crippen molar-refractivity contribution in [1.82, 2.24) is 19.6 Å². The number of piperidine rings is 2. The highest BCUT2D eigenvalue weighted by Gasteiger charge is 2.36. The Hall–Kier alpha value is -4.96. The van der Waals surface area contributed by atoms with Gasteiger partial charge in [0.25, 0.3) is 11.8 Å². The molecular formula is C54H86N4O12. The number of rotatable bonds is 18. The molecule has 70 heavy (non-hydrogen) atoms. The van der Waals surface area contributed by atoms with E-state index in [9.17, 15) is 24.3 Å². The summed E-state index contributed by atoms with van der Waals surface area (Å²) >= 11 is 0. The Morgan fingerprint density at radius 1 is 0.600 bits per heavy atom. The molecule has 16 nitrogen and oxygen atoms in total. The van der Waals surface area contributed by atoms with Crippen molar-refractivity contribution in [2.75, 3.05) is 66.8 Å². The maximum Gasteiger partial charge on any atom is 0.410 e. The lowest BCUT2D eigenvalue weighted by atomic mass is 9.98. The Kier molecular flexibility index (Phi) is 22.7. The summed E-state index contributed by atoms with van der Waals surface area (Å²) in [6, 6.07) is 9.88. The third-order valence-corrected chi connectivity index (χ3v) is 12.2. The zero-order valence-electron chi connectivity index (χ0n) is 44.5. The van der Waals surface area contributed by atoms with Crippen LogP contribution in [0.4, 0.5) is 9.59 Å². The molecule has 4 amide bonds. The molecule has 2 aromatic rings. The Balaban J connectivity index is 0.000000309. The Bertz CT molecular complexity index is 1960. The number of amides is 4. The van der Waals surface area contributed by atoms with E-state index in [2.05, 4.69) is 0 Å². The van der Waals surface area contributed by atoms with Crippen molar-refractivity contribution in [1.29, 1.82) is 0 Å². The number of aromatic hydroxyl groups is 1. The molecule has 5 rings (SSSR count). The van der Waals surface area contributed by atoms with Crippen LogP contribution in [0.25, 0.3) is 0 Å². The van der Waals surface area contributed by atoms with Crippen LogP contribution in [0.5, 0.6) is 23.0 Å². The minimum absolute atomic E-state index is 0.0103. The minimum atomic E-state index is -0.566. The van der Waals surface area contributed by atoms with Gasteiger partial charge in [-0.1, -0.05) is 6.42 Å². The number of phenols is 1. The van der Waals surface area contributed by atoms with Crippen LogP contribution < -0.4 is 14.2 Å². The standard InChI is InChI=1S/C30H48N2O6.C24H38N2O6/c1-22(2)32(24-12-10-17-31(21-24)29(34)38-30(3,4)5)28(33)23-15-16-26(37-25-13-8-7-9-14-25)27(20-23)36-19-11-18-35-6;1-17(2)26(19-9-7-12-25(16-19)23(29)32-24(3,4)5)22(28)18-10-11-20(27)21(15-18)31-14-8-13-30-6/h15-16,20,22,24-25H,7-14,17-19,21H2,1-6H3;10-11,15,17,19,27H,7-9,12-14,16H2,1-6H3/t24-;19-/m11/s1. The van der Waals surface area contributed by atoms with Crippen LogP contribution in [-0.4, -0.2) is 157 Å². The number of ether oxygens (including phenoxy) is 7. The number of likely N-dealkylation sites (tertiary alicyclic amines) is 2. The monoisotopic (exact) mass is 983 g/mol. The number of hydrogen-bond acceptors (Lipinski definition) is 12. The minimum Gasteiger partial charge on any atom is -0.504 e. The second-order valence-corrected chi connectivity index (χ2v) is 21.2. The van der Waals surface area contributed by atoms with Gasteiger partial charge >= 0.3 is 12.2 Å². The van der Waals surface area contributed by atoms with E-state index in [4.69, 9.17) is 33.2 Å². The third-order valence-electron chi connectivity index (χ3n) is 12.2. The quantitative estimate of drug-likeness (QED) is 0.141. The van der Waals surface area contributed by atoms with E-state index in [0.717, 1.165) is 44.9 Å². The molecule has 3 aliphatic rings. The first-order chi connectivity index (χ1) is 33.1. The largest absolute Gasteiger partial charge is 0.504 e. The maximum absolute atomic E-state index is 13.9. The highest BCUT2D eigenvalue weighted by molar-refractivity contribution is 5.96. The lowest BCUT2D eigenvalue weighted by molar-refractivity contribution is 0.00724. The van der Waals surface area contributed by atoms with Gasteiger partial charge in [-0.15, -0.1) is 0 Å². The fourth-order valence-electron chi connectivity index (χ4n) is 9.04. The number of carbonyl (C=O) groups excluding carboxylic acids is 4. The molecule has 1 saturated carbocycles. The lowest BCUT2D eigenvalue weighted by Crippen LogP contribution is -2.54. The summed E-state index contributed by atoms with van der Waals surface area (Å²) in [5.41, 5.74) is -0.124. The molecule has 0 unspecified atom stereocenters. The van der Waals surface area contributed by atoms with Crippen molar-refractivity contribution < 1.29 is 57.4 Å². The molecule has 2 saturated heterocycles. The zero-order valence-corrected chi connectivity index (χ0v) is 44.5. The van der Waals surface area contributed by atoms with E-state index in [1.807, 2.05) is 97.2 Å². The van der Waals surface area contributed by atoms with Crippen molar-refractivity contribution in [2.24, 2.45) is 0 Å². The smallest absolute Gasteiger partial charge is 0.410 e. The van der Waals surface area contributed by atoms with Gasteiger partial charge in [-0.25, -0.2) is 9.59 Å². The predicted octanol–water partition coefficient (Wildman–Crippen LogP) is 10.1. The molecule has 2 aliphatic heterocycles. The summed E-state index contributed by atoms with van der Waals surface area (Å²) in [6.45, 7) is 23.3. The molecule has 0 aromatic heterocycles. The molecule has 0 spiro atoms. The van der Waals surface area contributed by atoms with E-state index in [-0.39, 0.29) is 65.8 Å². The lowest BCUT2D eigenvalue weighted by Gasteiger charge is -2.41. The highest BCUT2D eigenvalue weighted by Crippen LogP contribution is 2.34. The van der Waals surface area contributed by atoms with Gasteiger partial charge in [-0.3, -0.25) is 9.59 Å². The number of nitrogens with zero attached hydrogens (tertiary/aromatic N) is 4. The number of phenolic OH excluding ortho intramolecular Hbond substituents is 1. The van der Waals surface area contributed by atoms with Crippen LogP contribution in [0.1, 0.15) is 161 Å². The molecule has 2 heterocycles. The first-order valence-corrected chi connectivity index (χ1v) is 25.6. The Morgan fingerprint density at radius 3 is 1.49 bits per heavy atom. The van der Waals surface area contributed by atoms with Crippen LogP contribution in [-0.2, 0) is 18.9 Å². The van der Waals surface area contributed by atoms with Gasteiger partial charge in [-0.05, 0) is 157 Å². The molecule has 1 aliphatic carbocycles. The average Bonchev–Trinajstić information content (AvgIpc) is 3.29. The van der Waals surface area contributed by atoms with Crippen molar-refractivity contribution in [2.45, 2.75) is 181 Å². The first-order valence-electron chi connectivity index (χ1n) is 25.6. The Labute approximate surface area is 418 Å². The zero-order chi connectivity index (χ0) is 51.6. The third kappa shape index (κ3) is 18.3. The van der Waals surface area contributed by atoms with E-state index in [1.165, 1.54) is 25.3 Å². The average molecular weight is 983 g/mol. The highest BCUT2D eigenvalue weighted by atomic mass is 16.6. The molecule has 2 aromatic carbocycles. The number of benzene rings is 2. The van der Waals surface area contributed by atoms with Crippen LogP contribution >= 0.6 is 0 Å². The van der Waals surface area contributed by atoms with Crippen molar-refractivity contribution in [3.63, 3.8) is 0 Å². The van der Waals surface area contributed by atoms with Crippen molar-refractivity contribution in [3.05, 3.63) is 47.5 Å². The number of carbonyl (C=O) groups is 4. The molecule has 0 bridgehead atoms. The van der Waals surface area contributed by atoms with Gasteiger partial charge in [0, 0.05) is 89.7 Å². The van der Waals surface area contributed by atoms with Gasteiger partial charge in [0.15, 0.2) is 23.0 Å². The summed E-state index contributed by atoms with van der Waals surface area (Å²) in [6.07, 6.45) is 9.89. The number of hydrogen-bond donors (Lipinski definition) is 1. The number of methoxy groups -OCH3 is 2. The SMILES string of the molecule is COCCCOc1cc(C(=O)N(C(C)C)[C@@H]2CCCN(C(=O)OC(C)(C)C)C2)ccc1O.COCCCOc1cc(C(=O)N(C(C)C)[C@@H]2CCCN(C(=O)OC(C)(C)C)C2)ccc1OC1CCCCC1. The molecular weight excluding hydrogens is 897 g/mol. The van der Waals surface area contributed by atoms with Crippen LogP contribution in [0.15, 0.2) is 36.4 Å². The van der Waals surface area contributed by atoms with Gasteiger partial charge < -0.3 is 57.9 Å². The molecule has 394 valence electrons. The van der Waals surface area contributed by atoms with Crippen LogP contribution in [0.2, 0.25) is 0 Å². The molecule has 2 atom stereocenters. The summed E-state index contributed by atoms with van der Waals surface area (Å²) in [7, 11) is 3.29. The topological polar surface area (TPSA) is 166 Å². The summed E-state index contributed by atoms with van der Waals surface area (Å²) < 4.78 is 39.4. The second-order valence-electron chi connectivity index (χ2n) is 21.2. The summed E-state index contributed by atoms with van der Waals surface area (Å²) in [4.78, 5) is 59.8. The van der Waals surface area contributed by atoms with Crippen molar-refractivity contribution in [3.8, 4) is 23.0 Å². The predicted molar refractivity (Wildman–Crippen MR) is 270 cm³/mol. The fourth-order valence-corrected chi connectivity index (χ4v) is 9.04. The molecule has 16 heteroatoms. The Morgan fingerprint density at radius 2 is 1.04 bits per heavy atom. The van der Waals surface area contributed by atoms with Crippen molar-refractivity contribution >= 4 is 24.0 Å². The van der Waals surface area contributed by atoms with E-state index in [0.29, 0.717) is 81.7 Å². The normalized spacial score (nSPS) is 17.9. The van der Waals surface area contributed by atoms with Gasteiger partial charge in [0.1, 0.15) is 11.2 Å². The molecule has 1 N–H and O–H groups in total. The second kappa shape index (κ2) is 27.6. The molecule has 0 radical (unpaired) electrons. The van der Waals surface area contributed by atoms with Gasteiger partial charge in [0.05, 0.1) is 31.4 Å². The summed E-state index contributed by atoms with van der Waals surface area (Å²) in [5.74, 6) is 1.33. The van der Waals surface area contributed by atoms with E-state index < -0.39 is 11.2 Å². The maximum atomic E-state index is 13.9. The summed E-state index contributed by atoms with van der Waals surface area (Å²) in [5, 5.41) is 10.1. The van der Waals surface area contributed by atoms with Crippen LogP contribution in [0.3, 0.4) is 0 Å². The molecule has 3 fully saturated rings. The fraction of sp³-hybridized carbons (Fsp3) is 0.704.